The van der Waals surface area contributed by atoms with E-state index in [0.717, 1.165) is 4.68 Å². The van der Waals surface area contributed by atoms with Crippen LogP contribution in [-0.4, -0.2) is 27.7 Å². The van der Waals surface area contributed by atoms with E-state index >= 15 is 0 Å². The van der Waals surface area contributed by atoms with Gasteiger partial charge in [0.15, 0.2) is 0 Å². The molecule has 1 amide bonds. The molecule has 0 saturated carbocycles. The van der Waals surface area contributed by atoms with E-state index in [1.54, 1.807) is 6.92 Å². The van der Waals surface area contributed by atoms with Crippen molar-refractivity contribution >= 4 is 17.3 Å². The van der Waals surface area contributed by atoms with Crippen molar-refractivity contribution in [2.24, 2.45) is 0 Å². The molecule has 1 aromatic carbocycles. The summed E-state index contributed by atoms with van der Waals surface area (Å²) < 4.78 is 6.20. The molecule has 1 heterocycles. The van der Waals surface area contributed by atoms with E-state index in [0.29, 0.717) is 6.54 Å². The lowest BCUT2D eigenvalue weighted by molar-refractivity contribution is -0.384. The van der Waals surface area contributed by atoms with E-state index in [9.17, 15) is 19.7 Å². The zero-order valence-corrected chi connectivity index (χ0v) is 12.5. The van der Waals surface area contributed by atoms with Crippen molar-refractivity contribution in [3.8, 4) is 5.75 Å². The van der Waals surface area contributed by atoms with Gasteiger partial charge in [-0.1, -0.05) is 0 Å². The minimum Gasteiger partial charge on any atom is -0.494 e. The Labute approximate surface area is 130 Å². The Balaban J connectivity index is 2.30. The summed E-state index contributed by atoms with van der Waals surface area (Å²) in [6, 6.07) is 6.37. The molecule has 1 N–H and O–H groups in total. The van der Waals surface area contributed by atoms with Crippen molar-refractivity contribution in [3.63, 3.8) is 0 Å². The van der Waals surface area contributed by atoms with Crippen molar-refractivity contribution in [2.45, 2.75) is 13.5 Å². The Kier molecular flexibility index (Phi) is 4.69. The Bertz CT molecular complexity index is 815. The molecular weight excluding hydrogens is 304 g/mol. The number of carbonyl (C=O) groups excluding carboxylic acids is 1. The highest BCUT2D eigenvalue weighted by Crippen LogP contribution is 2.29. The quantitative estimate of drug-likeness (QED) is 0.658. The Hall–Kier alpha value is -3.23. The zero-order valence-electron chi connectivity index (χ0n) is 12.5. The fraction of sp³-hybridized carbons (Fsp3) is 0.214. The van der Waals surface area contributed by atoms with Gasteiger partial charge in [0.05, 0.1) is 23.8 Å². The van der Waals surface area contributed by atoms with E-state index in [1.165, 1.54) is 37.4 Å². The molecule has 120 valence electrons. The molecule has 0 fully saturated rings. The van der Waals surface area contributed by atoms with Gasteiger partial charge in [0.2, 0.25) is 0 Å². The molecular formula is C14H14N4O5. The number of nitro benzene ring substituents is 1. The van der Waals surface area contributed by atoms with Crippen molar-refractivity contribution in [1.82, 2.24) is 9.78 Å². The molecule has 2 rings (SSSR count). The lowest BCUT2D eigenvalue weighted by Crippen LogP contribution is -2.25. The van der Waals surface area contributed by atoms with Gasteiger partial charge in [-0.15, -0.1) is 0 Å². The molecule has 0 unspecified atom stereocenters. The molecule has 0 aliphatic rings. The lowest BCUT2D eigenvalue weighted by atomic mass is 10.2. The Morgan fingerprint density at radius 3 is 2.74 bits per heavy atom. The van der Waals surface area contributed by atoms with Crippen LogP contribution in [0.25, 0.3) is 0 Å². The Morgan fingerprint density at radius 2 is 2.13 bits per heavy atom. The first-order valence-corrected chi connectivity index (χ1v) is 6.68. The first-order valence-electron chi connectivity index (χ1n) is 6.68. The van der Waals surface area contributed by atoms with E-state index in [4.69, 9.17) is 4.74 Å². The van der Waals surface area contributed by atoms with Crippen LogP contribution >= 0.6 is 0 Å². The summed E-state index contributed by atoms with van der Waals surface area (Å²) >= 11 is 0. The van der Waals surface area contributed by atoms with Crippen LogP contribution in [-0.2, 0) is 6.54 Å². The maximum absolute atomic E-state index is 12.2. The molecule has 1 aromatic heterocycles. The number of aromatic nitrogens is 2. The third-order valence-electron chi connectivity index (χ3n) is 3.04. The Morgan fingerprint density at radius 1 is 1.39 bits per heavy atom. The largest absolute Gasteiger partial charge is 0.494 e. The molecule has 0 radical (unpaired) electrons. The van der Waals surface area contributed by atoms with Crippen molar-refractivity contribution < 1.29 is 14.5 Å². The highest BCUT2D eigenvalue weighted by atomic mass is 16.6. The fourth-order valence-electron chi connectivity index (χ4n) is 1.88. The SMILES string of the molecule is CCn1nc(C(=O)Nc2ccc([N+](=O)[O-])cc2OC)ccc1=O. The molecule has 0 bridgehead atoms. The standard InChI is InChI=1S/C14H14N4O5/c1-3-17-13(19)7-6-11(16-17)14(20)15-10-5-4-9(18(21)22)8-12(10)23-2/h4-8H,3H2,1-2H3,(H,15,20). The molecule has 0 aliphatic carbocycles. The number of nitrogens with one attached hydrogen (secondary N) is 1. The van der Waals surface area contributed by atoms with Crippen LogP contribution in [0.2, 0.25) is 0 Å². The molecule has 0 saturated heterocycles. The van der Waals surface area contributed by atoms with Crippen LogP contribution in [0.15, 0.2) is 35.1 Å². The summed E-state index contributed by atoms with van der Waals surface area (Å²) in [5.41, 5.74) is -0.152. The smallest absolute Gasteiger partial charge is 0.276 e. The maximum atomic E-state index is 12.2. The van der Waals surface area contributed by atoms with Gasteiger partial charge in [0.25, 0.3) is 17.2 Å². The fourth-order valence-corrected chi connectivity index (χ4v) is 1.88. The van der Waals surface area contributed by atoms with Crippen LogP contribution in [0.1, 0.15) is 17.4 Å². The zero-order chi connectivity index (χ0) is 17.0. The van der Waals surface area contributed by atoms with Gasteiger partial charge in [0, 0.05) is 18.7 Å². The van der Waals surface area contributed by atoms with Crippen molar-refractivity contribution in [3.05, 3.63) is 56.5 Å². The first-order chi connectivity index (χ1) is 11.0. The first kappa shape index (κ1) is 16.1. The van der Waals surface area contributed by atoms with Crippen LogP contribution < -0.4 is 15.6 Å². The molecule has 9 nitrogen and oxygen atoms in total. The number of nitrogens with zero attached hydrogens (tertiary/aromatic N) is 3. The maximum Gasteiger partial charge on any atom is 0.276 e. The molecule has 23 heavy (non-hydrogen) atoms. The number of benzene rings is 1. The number of hydrogen-bond acceptors (Lipinski definition) is 6. The summed E-state index contributed by atoms with van der Waals surface area (Å²) in [5.74, 6) is -0.407. The number of methoxy groups -OCH3 is 1. The van der Waals surface area contributed by atoms with Crippen molar-refractivity contribution in [1.29, 1.82) is 0 Å². The molecule has 0 aliphatic heterocycles. The van der Waals surface area contributed by atoms with E-state index in [1.807, 2.05) is 0 Å². The number of anilines is 1. The van der Waals surface area contributed by atoms with Gasteiger partial charge in [-0.05, 0) is 19.1 Å². The van der Waals surface area contributed by atoms with Crippen LogP contribution in [0.4, 0.5) is 11.4 Å². The van der Waals surface area contributed by atoms with Gasteiger partial charge in [-0.25, -0.2) is 4.68 Å². The summed E-state index contributed by atoms with van der Waals surface area (Å²) in [7, 11) is 1.34. The number of aryl methyl sites for hydroxylation is 1. The third kappa shape index (κ3) is 3.51. The minimum atomic E-state index is -0.563. The van der Waals surface area contributed by atoms with Gasteiger partial charge in [-0.2, -0.15) is 5.10 Å². The minimum absolute atomic E-state index is 0.0480. The second-order valence-electron chi connectivity index (χ2n) is 4.47. The highest BCUT2D eigenvalue weighted by Gasteiger charge is 2.15. The molecule has 0 atom stereocenters. The predicted molar refractivity (Wildman–Crippen MR) is 81.8 cm³/mol. The number of amides is 1. The van der Waals surface area contributed by atoms with Gasteiger partial charge in [0.1, 0.15) is 11.4 Å². The van der Waals surface area contributed by atoms with Crippen LogP contribution in [0.3, 0.4) is 0 Å². The summed E-state index contributed by atoms with van der Waals surface area (Å²) in [5, 5.41) is 17.2. The highest BCUT2D eigenvalue weighted by molar-refractivity contribution is 6.03. The molecule has 2 aromatic rings. The third-order valence-corrected chi connectivity index (χ3v) is 3.04. The van der Waals surface area contributed by atoms with Crippen molar-refractivity contribution in [2.75, 3.05) is 12.4 Å². The van der Waals surface area contributed by atoms with E-state index in [2.05, 4.69) is 10.4 Å². The van der Waals surface area contributed by atoms with Crippen LogP contribution in [0.5, 0.6) is 5.75 Å². The monoisotopic (exact) mass is 318 g/mol. The summed E-state index contributed by atoms with van der Waals surface area (Å²) in [6.45, 7) is 2.07. The second-order valence-corrected chi connectivity index (χ2v) is 4.47. The van der Waals surface area contributed by atoms with E-state index in [-0.39, 0.29) is 28.4 Å². The normalized spacial score (nSPS) is 10.2. The second kappa shape index (κ2) is 6.69. The average molecular weight is 318 g/mol. The number of rotatable bonds is 5. The van der Waals surface area contributed by atoms with Gasteiger partial charge in [-0.3, -0.25) is 19.7 Å². The lowest BCUT2D eigenvalue weighted by Gasteiger charge is -2.10. The number of hydrogen-bond donors (Lipinski definition) is 1. The number of carbonyl (C=O) groups is 1. The predicted octanol–water partition coefficient (Wildman–Crippen LogP) is 1.43. The number of ether oxygens (including phenoxy) is 1. The molecule has 9 heteroatoms. The van der Waals surface area contributed by atoms with Gasteiger partial charge >= 0.3 is 0 Å². The topological polar surface area (TPSA) is 116 Å². The molecule has 0 spiro atoms. The summed E-state index contributed by atoms with van der Waals surface area (Å²) in [4.78, 5) is 33.9. The number of nitro groups is 1. The number of non-ortho nitro benzene ring substituents is 1. The van der Waals surface area contributed by atoms with E-state index < -0.39 is 10.8 Å². The van der Waals surface area contributed by atoms with Crippen LogP contribution in [0, 0.1) is 10.1 Å². The van der Waals surface area contributed by atoms with Gasteiger partial charge < -0.3 is 10.1 Å². The average Bonchev–Trinajstić information content (AvgIpc) is 2.55. The summed E-state index contributed by atoms with van der Waals surface area (Å²) in [6.07, 6.45) is 0.